The molecule has 0 fully saturated rings. The first-order chi connectivity index (χ1) is 15.8. The highest BCUT2D eigenvalue weighted by Crippen LogP contribution is 2.13. The van der Waals surface area contributed by atoms with E-state index in [1.165, 1.54) is 18.2 Å². The van der Waals surface area contributed by atoms with E-state index in [9.17, 15) is 19.5 Å². The van der Waals surface area contributed by atoms with Crippen molar-refractivity contribution in [3.8, 4) is 0 Å². The molecule has 0 radical (unpaired) electrons. The van der Waals surface area contributed by atoms with Crippen LogP contribution in [0.5, 0.6) is 0 Å². The first-order valence-electron chi connectivity index (χ1n) is 9.78. The van der Waals surface area contributed by atoms with Crippen LogP contribution < -0.4 is 16.5 Å². The van der Waals surface area contributed by atoms with Gasteiger partial charge in [0.25, 0.3) is 11.8 Å². The number of nitrogens with two attached hydrogens (primary N) is 1. The molecule has 0 spiro atoms. The van der Waals surface area contributed by atoms with E-state index in [0.717, 1.165) is 0 Å². The van der Waals surface area contributed by atoms with E-state index >= 15 is 0 Å². The van der Waals surface area contributed by atoms with Gasteiger partial charge >= 0.3 is 0 Å². The molecule has 1 atom stereocenters. The van der Waals surface area contributed by atoms with E-state index in [0.29, 0.717) is 11.1 Å². The van der Waals surface area contributed by atoms with E-state index in [1.54, 1.807) is 60.7 Å². The zero-order chi connectivity index (χ0) is 24.2. The Kier molecular flexibility index (Phi) is 9.29. The molecule has 3 amide bonds. The molecule has 33 heavy (non-hydrogen) atoms. The van der Waals surface area contributed by atoms with Crippen LogP contribution in [0.4, 0.5) is 0 Å². The summed E-state index contributed by atoms with van der Waals surface area (Å²) in [7, 11) is 0. The standard InChI is InChI=1S/C24H24N4O5/c1-16(30)9-8-14-19(15-29)23(32)28-27-21(18-12-6-3-7-13-18)24(33)26-20(22(25)31)17-10-4-2-5-11-17/h2-14,20,29-30H,1,15H2,(H2,25,31)(H,26,33)(H,28,32)/b9-8-,19-14+,27-21?. The third-order valence-corrected chi connectivity index (χ3v) is 4.27. The molecule has 9 heteroatoms. The lowest BCUT2D eigenvalue weighted by Crippen LogP contribution is -2.41. The van der Waals surface area contributed by atoms with Crippen LogP contribution in [0.15, 0.2) is 102 Å². The number of hydrogen-bond acceptors (Lipinski definition) is 6. The maximum absolute atomic E-state index is 13.0. The largest absolute Gasteiger partial charge is 0.509 e. The monoisotopic (exact) mass is 448 g/mol. The number of primary amides is 1. The Morgan fingerprint density at radius 3 is 2.18 bits per heavy atom. The van der Waals surface area contributed by atoms with Crippen molar-refractivity contribution >= 4 is 23.4 Å². The third-order valence-electron chi connectivity index (χ3n) is 4.27. The third kappa shape index (κ3) is 7.60. The molecule has 0 saturated heterocycles. The van der Waals surface area contributed by atoms with Gasteiger partial charge in [-0.15, -0.1) is 0 Å². The maximum Gasteiger partial charge on any atom is 0.273 e. The van der Waals surface area contributed by atoms with E-state index in [2.05, 4.69) is 22.4 Å². The minimum absolute atomic E-state index is 0.0802. The summed E-state index contributed by atoms with van der Waals surface area (Å²) >= 11 is 0. The second-order valence-corrected chi connectivity index (χ2v) is 6.69. The summed E-state index contributed by atoms with van der Waals surface area (Å²) in [5.74, 6) is -2.53. The second kappa shape index (κ2) is 12.4. The molecule has 0 aliphatic carbocycles. The van der Waals surface area contributed by atoms with Gasteiger partial charge in [-0.25, -0.2) is 5.43 Å². The smallest absolute Gasteiger partial charge is 0.273 e. The summed E-state index contributed by atoms with van der Waals surface area (Å²) in [6, 6.07) is 15.6. The number of aliphatic hydroxyl groups excluding tert-OH is 2. The van der Waals surface area contributed by atoms with Crippen molar-refractivity contribution < 1.29 is 24.6 Å². The van der Waals surface area contributed by atoms with Crippen molar-refractivity contribution in [2.24, 2.45) is 10.8 Å². The van der Waals surface area contributed by atoms with Crippen LogP contribution >= 0.6 is 0 Å². The first-order valence-corrected chi connectivity index (χ1v) is 9.78. The van der Waals surface area contributed by atoms with Gasteiger partial charge in [0.2, 0.25) is 5.91 Å². The lowest BCUT2D eigenvalue weighted by Gasteiger charge is -2.17. The number of aliphatic hydroxyl groups is 2. The molecule has 170 valence electrons. The van der Waals surface area contributed by atoms with Crippen LogP contribution in [0.3, 0.4) is 0 Å². The van der Waals surface area contributed by atoms with Crippen molar-refractivity contribution in [1.82, 2.24) is 10.7 Å². The number of hydrazone groups is 1. The quantitative estimate of drug-likeness (QED) is 0.122. The Morgan fingerprint density at radius 1 is 1.03 bits per heavy atom. The number of carbonyl (C=O) groups excluding carboxylic acids is 3. The van der Waals surface area contributed by atoms with E-state index in [4.69, 9.17) is 10.8 Å². The van der Waals surface area contributed by atoms with Crippen molar-refractivity contribution in [3.63, 3.8) is 0 Å². The summed E-state index contributed by atoms with van der Waals surface area (Å²) in [5, 5.41) is 25.0. The van der Waals surface area contributed by atoms with E-state index in [1.807, 2.05) is 0 Å². The molecule has 9 nitrogen and oxygen atoms in total. The Morgan fingerprint density at radius 2 is 1.64 bits per heavy atom. The van der Waals surface area contributed by atoms with Crippen LogP contribution in [-0.2, 0) is 14.4 Å². The molecule has 2 aromatic rings. The first kappa shape index (κ1) is 24.8. The van der Waals surface area contributed by atoms with Gasteiger partial charge in [-0.3, -0.25) is 14.4 Å². The molecule has 2 aromatic carbocycles. The highest BCUT2D eigenvalue weighted by Gasteiger charge is 2.24. The topological polar surface area (TPSA) is 154 Å². The van der Waals surface area contributed by atoms with Gasteiger partial charge in [0.15, 0.2) is 5.71 Å². The summed E-state index contributed by atoms with van der Waals surface area (Å²) in [6.07, 6.45) is 3.80. The highest BCUT2D eigenvalue weighted by atomic mass is 16.3. The molecule has 0 bridgehead atoms. The predicted octanol–water partition coefficient (Wildman–Crippen LogP) is 1.40. The number of hydrogen-bond donors (Lipinski definition) is 5. The van der Waals surface area contributed by atoms with Crippen LogP contribution in [0.25, 0.3) is 0 Å². The number of benzene rings is 2. The van der Waals surface area contributed by atoms with Crippen LogP contribution in [-0.4, -0.2) is 40.3 Å². The Balaban J connectivity index is 2.32. The van der Waals surface area contributed by atoms with Gasteiger partial charge < -0.3 is 21.3 Å². The lowest BCUT2D eigenvalue weighted by atomic mass is 10.0. The fourth-order valence-corrected chi connectivity index (χ4v) is 2.66. The number of amides is 3. The van der Waals surface area contributed by atoms with Crippen molar-refractivity contribution in [1.29, 1.82) is 0 Å². The Hall–Kier alpha value is -4.50. The molecule has 1 unspecified atom stereocenters. The van der Waals surface area contributed by atoms with Crippen LogP contribution in [0.2, 0.25) is 0 Å². The van der Waals surface area contributed by atoms with Crippen LogP contribution in [0, 0.1) is 0 Å². The van der Waals surface area contributed by atoms with Gasteiger partial charge in [-0.05, 0) is 11.6 Å². The zero-order valence-electron chi connectivity index (χ0n) is 17.6. The van der Waals surface area contributed by atoms with Crippen molar-refractivity contribution in [3.05, 3.63) is 108 Å². The molecule has 0 aliphatic heterocycles. The van der Waals surface area contributed by atoms with Gasteiger partial charge in [0, 0.05) is 11.1 Å². The number of nitrogens with one attached hydrogen (secondary N) is 2. The molecule has 0 heterocycles. The Labute approximate surface area is 190 Å². The lowest BCUT2D eigenvalue weighted by molar-refractivity contribution is -0.124. The summed E-state index contributed by atoms with van der Waals surface area (Å²) < 4.78 is 0. The van der Waals surface area contributed by atoms with Gasteiger partial charge in [0.05, 0.1) is 6.61 Å². The molecule has 6 N–H and O–H groups in total. The number of rotatable bonds is 10. The van der Waals surface area contributed by atoms with Gasteiger partial charge in [-0.1, -0.05) is 79.4 Å². The van der Waals surface area contributed by atoms with Crippen molar-refractivity contribution in [2.75, 3.05) is 6.61 Å². The predicted molar refractivity (Wildman–Crippen MR) is 124 cm³/mol. The average Bonchev–Trinajstić information content (AvgIpc) is 2.81. The number of nitrogens with zero attached hydrogens (tertiary/aromatic N) is 1. The normalized spacial score (nSPS) is 12.8. The maximum atomic E-state index is 13.0. The molecular formula is C24H24N4O5. The number of carbonyl (C=O) groups is 3. The molecule has 0 saturated carbocycles. The molecular weight excluding hydrogens is 424 g/mol. The molecule has 0 aromatic heterocycles. The average molecular weight is 448 g/mol. The van der Waals surface area contributed by atoms with E-state index < -0.39 is 30.4 Å². The molecule has 2 rings (SSSR count). The van der Waals surface area contributed by atoms with E-state index in [-0.39, 0.29) is 17.0 Å². The summed E-state index contributed by atoms with van der Waals surface area (Å²) in [4.78, 5) is 37.4. The van der Waals surface area contributed by atoms with Gasteiger partial charge in [0.1, 0.15) is 11.8 Å². The van der Waals surface area contributed by atoms with Crippen LogP contribution in [0.1, 0.15) is 17.2 Å². The molecule has 0 aliphatic rings. The minimum atomic E-state index is -1.12. The number of allylic oxidation sites excluding steroid dienone is 3. The minimum Gasteiger partial charge on any atom is -0.509 e. The SMILES string of the molecule is C=C(O)/C=C\C=C(/CO)C(=O)NN=C(C(=O)NC(C(N)=O)c1ccccc1)c1ccccc1. The van der Waals surface area contributed by atoms with Gasteiger partial charge in [-0.2, -0.15) is 5.10 Å². The Bertz CT molecular complexity index is 1090. The van der Waals surface area contributed by atoms with Crippen molar-refractivity contribution in [2.45, 2.75) is 6.04 Å². The summed E-state index contributed by atoms with van der Waals surface area (Å²) in [6.45, 7) is 2.65. The fraction of sp³-hybridized carbons (Fsp3) is 0.0833. The fourth-order valence-electron chi connectivity index (χ4n) is 2.66. The second-order valence-electron chi connectivity index (χ2n) is 6.69. The zero-order valence-corrected chi connectivity index (χ0v) is 17.6. The summed E-state index contributed by atoms with van der Waals surface area (Å²) in [5.41, 5.74) is 8.29. The highest BCUT2D eigenvalue weighted by molar-refractivity contribution is 6.45.